The van der Waals surface area contributed by atoms with Crippen molar-refractivity contribution in [3.05, 3.63) is 71.3 Å². The zero-order valence-corrected chi connectivity index (χ0v) is 11.0. The molecule has 0 aliphatic carbocycles. The number of carboxylic acids is 1. The second-order valence-electron chi connectivity index (χ2n) is 4.81. The first-order valence-corrected chi connectivity index (χ1v) is 6.50. The van der Waals surface area contributed by atoms with Crippen molar-refractivity contribution in [1.82, 2.24) is 0 Å². The Morgan fingerprint density at radius 3 is 2.37 bits per heavy atom. The van der Waals surface area contributed by atoms with Crippen molar-refractivity contribution in [3.63, 3.8) is 0 Å². The smallest absolute Gasteiger partial charge is 0.303 e. The van der Waals surface area contributed by atoms with Crippen molar-refractivity contribution in [1.29, 1.82) is 0 Å². The zero-order valence-electron chi connectivity index (χ0n) is 11.0. The fourth-order valence-corrected chi connectivity index (χ4v) is 2.37. The topological polar surface area (TPSA) is 37.3 Å². The third-order valence-electron chi connectivity index (χ3n) is 3.29. The first-order valence-electron chi connectivity index (χ1n) is 6.50. The molecule has 2 aromatic rings. The van der Waals surface area contributed by atoms with Gasteiger partial charge in [0, 0.05) is 12.3 Å². The van der Waals surface area contributed by atoms with Gasteiger partial charge in [-0.25, -0.2) is 0 Å². The second-order valence-corrected chi connectivity index (χ2v) is 4.81. The van der Waals surface area contributed by atoms with Gasteiger partial charge in [-0.15, -0.1) is 0 Å². The van der Waals surface area contributed by atoms with E-state index in [0.29, 0.717) is 6.42 Å². The van der Waals surface area contributed by atoms with Crippen molar-refractivity contribution in [2.45, 2.75) is 25.7 Å². The molecule has 19 heavy (non-hydrogen) atoms. The first kappa shape index (κ1) is 13.3. The van der Waals surface area contributed by atoms with Crippen LogP contribution in [-0.4, -0.2) is 11.1 Å². The highest BCUT2D eigenvalue weighted by Crippen LogP contribution is 2.29. The van der Waals surface area contributed by atoms with Gasteiger partial charge in [0.15, 0.2) is 0 Å². The summed E-state index contributed by atoms with van der Waals surface area (Å²) in [6.45, 7) is 2.06. The summed E-state index contributed by atoms with van der Waals surface area (Å²) in [5.74, 6) is -0.592. The normalized spacial score (nSPS) is 12.1. The summed E-state index contributed by atoms with van der Waals surface area (Å²) >= 11 is 0. The minimum atomic E-state index is -0.742. The van der Waals surface area contributed by atoms with Crippen LogP contribution in [-0.2, 0) is 4.79 Å². The average molecular weight is 254 g/mol. The lowest BCUT2D eigenvalue weighted by Gasteiger charge is -2.17. The van der Waals surface area contributed by atoms with E-state index in [4.69, 9.17) is 5.11 Å². The lowest BCUT2D eigenvalue weighted by Crippen LogP contribution is -2.05. The molecule has 1 N–H and O–H groups in total. The molecular weight excluding hydrogens is 236 g/mol. The molecule has 0 aromatic heterocycles. The minimum Gasteiger partial charge on any atom is -0.481 e. The van der Waals surface area contributed by atoms with Crippen molar-refractivity contribution >= 4 is 5.97 Å². The van der Waals surface area contributed by atoms with E-state index in [9.17, 15) is 4.79 Å². The molecule has 0 heterocycles. The van der Waals surface area contributed by atoms with Gasteiger partial charge >= 0.3 is 5.97 Å². The van der Waals surface area contributed by atoms with Crippen LogP contribution in [0, 0.1) is 6.92 Å². The summed E-state index contributed by atoms with van der Waals surface area (Å²) in [5, 5.41) is 8.91. The summed E-state index contributed by atoms with van der Waals surface area (Å²) in [7, 11) is 0. The predicted molar refractivity (Wildman–Crippen MR) is 76.3 cm³/mol. The summed E-state index contributed by atoms with van der Waals surface area (Å²) < 4.78 is 0. The number of aliphatic carboxylic acids is 1. The van der Waals surface area contributed by atoms with Crippen molar-refractivity contribution in [2.75, 3.05) is 0 Å². The molecule has 1 atom stereocenters. The maximum Gasteiger partial charge on any atom is 0.303 e. The molecule has 2 heteroatoms. The van der Waals surface area contributed by atoms with Gasteiger partial charge in [0.2, 0.25) is 0 Å². The Morgan fingerprint density at radius 1 is 1.05 bits per heavy atom. The Morgan fingerprint density at radius 2 is 1.74 bits per heavy atom. The summed E-state index contributed by atoms with van der Waals surface area (Å²) in [6, 6.07) is 18.4. The van der Waals surface area contributed by atoms with Crippen LogP contribution in [0.1, 0.15) is 35.4 Å². The molecule has 0 aliphatic heterocycles. The molecule has 2 rings (SSSR count). The fourth-order valence-electron chi connectivity index (χ4n) is 2.37. The Balaban J connectivity index is 2.31. The third kappa shape index (κ3) is 3.68. The maximum atomic E-state index is 10.8. The van der Waals surface area contributed by atoms with E-state index in [-0.39, 0.29) is 12.3 Å². The van der Waals surface area contributed by atoms with E-state index in [1.54, 1.807) is 0 Å². The second kappa shape index (κ2) is 6.19. The molecule has 2 nitrogen and oxygen atoms in total. The Bertz CT molecular complexity index is 546. The number of aryl methyl sites for hydroxylation is 1. The highest BCUT2D eigenvalue weighted by Gasteiger charge is 2.15. The Hall–Kier alpha value is -2.09. The summed E-state index contributed by atoms with van der Waals surface area (Å²) in [6.07, 6.45) is 0.816. The lowest BCUT2D eigenvalue weighted by atomic mass is 9.87. The van der Waals surface area contributed by atoms with E-state index < -0.39 is 5.97 Å². The van der Waals surface area contributed by atoms with Crippen molar-refractivity contribution in [2.24, 2.45) is 0 Å². The molecule has 98 valence electrons. The molecule has 0 aliphatic rings. The number of hydrogen-bond acceptors (Lipinski definition) is 1. The number of benzene rings is 2. The minimum absolute atomic E-state index is 0.150. The maximum absolute atomic E-state index is 10.8. The van der Waals surface area contributed by atoms with Crippen LogP contribution in [0.2, 0.25) is 0 Å². The Kier molecular flexibility index (Phi) is 4.35. The largest absolute Gasteiger partial charge is 0.481 e. The van der Waals surface area contributed by atoms with E-state index >= 15 is 0 Å². The molecular formula is C17H18O2. The van der Waals surface area contributed by atoms with Gasteiger partial charge in [-0.3, -0.25) is 4.79 Å². The monoisotopic (exact) mass is 254 g/mol. The number of hydrogen-bond donors (Lipinski definition) is 1. The van der Waals surface area contributed by atoms with Crippen molar-refractivity contribution < 1.29 is 9.90 Å². The highest BCUT2D eigenvalue weighted by molar-refractivity contribution is 5.66. The average Bonchev–Trinajstić information content (AvgIpc) is 2.40. The van der Waals surface area contributed by atoms with Crippen LogP contribution in [0.25, 0.3) is 0 Å². The van der Waals surface area contributed by atoms with Crippen LogP contribution in [0.5, 0.6) is 0 Å². The Labute approximate surface area is 113 Å². The van der Waals surface area contributed by atoms with Gasteiger partial charge in [-0.1, -0.05) is 60.2 Å². The van der Waals surface area contributed by atoms with Gasteiger partial charge in [0.1, 0.15) is 0 Å². The van der Waals surface area contributed by atoms with Crippen LogP contribution in [0.3, 0.4) is 0 Å². The van der Waals surface area contributed by atoms with Crippen molar-refractivity contribution in [3.8, 4) is 0 Å². The van der Waals surface area contributed by atoms with Crippen LogP contribution >= 0.6 is 0 Å². The molecule has 2 aromatic carbocycles. The van der Waals surface area contributed by atoms with Crippen LogP contribution in [0.4, 0.5) is 0 Å². The zero-order chi connectivity index (χ0) is 13.7. The van der Waals surface area contributed by atoms with Gasteiger partial charge in [-0.05, 0) is 24.5 Å². The predicted octanol–water partition coefficient (Wildman–Crippen LogP) is 3.99. The van der Waals surface area contributed by atoms with E-state index in [2.05, 4.69) is 37.3 Å². The van der Waals surface area contributed by atoms with Gasteiger partial charge in [0.05, 0.1) is 0 Å². The number of carboxylic acid groups (broad SMARTS) is 1. The van der Waals surface area contributed by atoms with Gasteiger partial charge in [0.25, 0.3) is 0 Å². The lowest BCUT2D eigenvalue weighted by molar-refractivity contribution is -0.137. The van der Waals surface area contributed by atoms with Gasteiger partial charge in [-0.2, -0.15) is 0 Å². The summed E-state index contributed by atoms with van der Waals surface area (Å²) in [5.41, 5.74) is 3.57. The molecule has 0 spiro atoms. The van der Waals surface area contributed by atoms with Crippen LogP contribution in [0.15, 0.2) is 54.6 Å². The molecule has 0 saturated heterocycles. The SMILES string of the molecule is Cc1cccc([C@@H](CCC(=O)O)c2ccccc2)c1. The van der Waals surface area contributed by atoms with E-state index in [1.807, 2.05) is 24.3 Å². The first-order chi connectivity index (χ1) is 9.16. The van der Waals surface area contributed by atoms with Gasteiger partial charge < -0.3 is 5.11 Å². The summed E-state index contributed by atoms with van der Waals surface area (Å²) in [4.78, 5) is 10.8. The molecule has 0 saturated carbocycles. The molecule has 0 unspecified atom stereocenters. The number of carbonyl (C=O) groups is 1. The highest BCUT2D eigenvalue weighted by atomic mass is 16.4. The van der Waals surface area contributed by atoms with E-state index in [1.165, 1.54) is 16.7 Å². The fraction of sp³-hybridized carbons (Fsp3) is 0.235. The van der Waals surface area contributed by atoms with E-state index in [0.717, 1.165) is 0 Å². The quantitative estimate of drug-likeness (QED) is 0.876. The molecule has 0 fully saturated rings. The van der Waals surface area contributed by atoms with Crippen LogP contribution < -0.4 is 0 Å². The molecule has 0 bridgehead atoms. The molecule has 0 radical (unpaired) electrons. The standard InChI is InChI=1S/C17H18O2/c1-13-6-5-9-15(12-13)16(10-11-17(18)19)14-7-3-2-4-8-14/h2-9,12,16H,10-11H2,1H3,(H,18,19)/t16-/m0/s1. The third-order valence-corrected chi connectivity index (χ3v) is 3.29. The number of rotatable bonds is 5. The molecule has 0 amide bonds.